The lowest BCUT2D eigenvalue weighted by Gasteiger charge is -2.35. The minimum atomic E-state index is -0.262. The highest BCUT2D eigenvalue weighted by atomic mass is 32.1. The second-order valence-electron chi connectivity index (χ2n) is 5.52. The molecule has 0 aliphatic carbocycles. The van der Waals surface area contributed by atoms with Crippen LogP contribution in [-0.4, -0.2) is 61.3 Å². The number of morpholine rings is 1. The molecule has 6 nitrogen and oxygen atoms in total. The van der Waals surface area contributed by atoms with Gasteiger partial charge in [-0.05, 0) is 19.4 Å². The highest BCUT2D eigenvalue weighted by Crippen LogP contribution is 2.23. The van der Waals surface area contributed by atoms with Crippen LogP contribution in [0.25, 0.3) is 0 Å². The van der Waals surface area contributed by atoms with Crippen molar-refractivity contribution >= 4 is 22.4 Å². The van der Waals surface area contributed by atoms with Crippen molar-refractivity contribution < 1.29 is 14.3 Å². The first-order chi connectivity index (χ1) is 10.2. The number of methoxy groups -OCH3 is 1. The summed E-state index contributed by atoms with van der Waals surface area (Å²) in [5.74, 6) is -0.262. The highest BCUT2D eigenvalue weighted by molar-refractivity contribution is 7.13. The van der Waals surface area contributed by atoms with Crippen molar-refractivity contribution in [2.75, 3.05) is 38.7 Å². The molecule has 2 saturated heterocycles. The molecule has 1 aromatic rings. The Morgan fingerprint density at radius 1 is 1.67 bits per heavy atom. The Kier molecular flexibility index (Phi) is 4.72. The number of rotatable bonds is 5. The minimum absolute atomic E-state index is 0.215. The minimum Gasteiger partial charge on any atom is -0.469 e. The van der Waals surface area contributed by atoms with Crippen molar-refractivity contribution in [2.24, 2.45) is 0 Å². The van der Waals surface area contributed by atoms with Crippen LogP contribution < -0.4 is 5.32 Å². The number of hydrogen-bond acceptors (Lipinski definition) is 7. The fraction of sp³-hybridized carbons (Fsp3) is 0.714. The van der Waals surface area contributed by atoms with E-state index in [0.717, 1.165) is 30.5 Å². The van der Waals surface area contributed by atoms with Crippen LogP contribution in [0.4, 0.5) is 5.13 Å². The molecule has 7 heteroatoms. The van der Waals surface area contributed by atoms with Gasteiger partial charge in [0.2, 0.25) is 0 Å². The molecule has 3 heterocycles. The first-order valence-electron chi connectivity index (χ1n) is 7.35. The number of nitrogens with zero attached hydrogens (tertiary/aromatic N) is 2. The standard InChI is InChI=1S/C14H21N3O3S/c1-19-13(18)5-10-9-21-14(16-10)15-6-12-7-17-4-2-3-11(17)8-20-12/h9,11-12H,2-8H2,1H3,(H,15,16). The van der Waals surface area contributed by atoms with Crippen molar-refractivity contribution in [2.45, 2.75) is 31.4 Å². The topological polar surface area (TPSA) is 63.7 Å². The molecule has 0 saturated carbocycles. The molecule has 0 aromatic carbocycles. The number of carbonyl (C=O) groups excluding carboxylic acids is 1. The number of esters is 1. The molecule has 1 N–H and O–H groups in total. The van der Waals surface area contributed by atoms with Gasteiger partial charge in [0, 0.05) is 24.5 Å². The third-order valence-corrected chi connectivity index (χ3v) is 4.90. The van der Waals surface area contributed by atoms with Crippen molar-refractivity contribution in [1.82, 2.24) is 9.88 Å². The smallest absolute Gasteiger partial charge is 0.311 e. The fourth-order valence-electron chi connectivity index (χ4n) is 2.90. The van der Waals surface area contributed by atoms with Crippen LogP contribution in [0.5, 0.6) is 0 Å². The van der Waals surface area contributed by atoms with Gasteiger partial charge in [0.25, 0.3) is 0 Å². The lowest BCUT2D eigenvalue weighted by Crippen LogP contribution is -2.48. The van der Waals surface area contributed by atoms with Crippen molar-refractivity contribution in [1.29, 1.82) is 0 Å². The highest BCUT2D eigenvalue weighted by Gasteiger charge is 2.32. The summed E-state index contributed by atoms with van der Waals surface area (Å²) in [4.78, 5) is 18.1. The van der Waals surface area contributed by atoms with Crippen LogP contribution in [-0.2, 0) is 20.7 Å². The summed E-state index contributed by atoms with van der Waals surface area (Å²) < 4.78 is 10.5. The monoisotopic (exact) mass is 311 g/mol. The zero-order valence-corrected chi connectivity index (χ0v) is 13.0. The number of hydrogen-bond donors (Lipinski definition) is 1. The van der Waals surface area contributed by atoms with Crippen LogP contribution in [0.2, 0.25) is 0 Å². The zero-order valence-electron chi connectivity index (χ0n) is 12.2. The molecule has 21 heavy (non-hydrogen) atoms. The summed E-state index contributed by atoms with van der Waals surface area (Å²) >= 11 is 1.51. The SMILES string of the molecule is COC(=O)Cc1csc(NCC2CN3CCCC3CO2)n1. The Balaban J connectivity index is 1.46. The molecular weight excluding hydrogens is 290 g/mol. The maximum absolute atomic E-state index is 11.2. The van der Waals surface area contributed by atoms with E-state index in [2.05, 4.69) is 19.9 Å². The molecule has 116 valence electrons. The molecule has 3 rings (SSSR count). The van der Waals surface area contributed by atoms with Gasteiger partial charge in [-0.3, -0.25) is 9.69 Å². The van der Waals surface area contributed by atoms with Crippen LogP contribution in [0.3, 0.4) is 0 Å². The van der Waals surface area contributed by atoms with Gasteiger partial charge >= 0.3 is 5.97 Å². The molecule has 2 aliphatic rings. The predicted molar refractivity (Wildman–Crippen MR) is 80.7 cm³/mol. The number of thiazole rings is 1. The summed E-state index contributed by atoms with van der Waals surface area (Å²) in [7, 11) is 1.39. The molecule has 2 unspecified atom stereocenters. The number of anilines is 1. The summed E-state index contributed by atoms with van der Waals surface area (Å²) in [6.07, 6.45) is 3.00. The Labute approximate surface area is 128 Å². The lowest BCUT2D eigenvalue weighted by atomic mass is 10.2. The molecule has 2 fully saturated rings. The Morgan fingerprint density at radius 2 is 2.57 bits per heavy atom. The van der Waals surface area contributed by atoms with E-state index in [4.69, 9.17) is 4.74 Å². The maximum Gasteiger partial charge on any atom is 0.311 e. The second kappa shape index (κ2) is 6.72. The second-order valence-corrected chi connectivity index (χ2v) is 6.38. The van der Waals surface area contributed by atoms with Crippen molar-refractivity contribution in [3.8, 4) is 0 Å². The first-order valence-corrected chi connectivity index (χ1v) is 8.23. The number of ether oxygens (including phenoxy) is 2. The van der Waals surface area contributed by atoms with Gasteiger partial charge in [0.05, 0.1) is 31.9 Å². The summed E-state index contributed by atoms with van der Waals surface area (Å²) in [5, 5.41) is 6.03. The molecule has 2 atom stereocenters. The van der Waals surface area contributed by atoms with E-state index in [1.54, 1.807) is 0 Å². The quantitative estimate of drug-likeness (QED) is 0.823. The predicted octanol–water partition coefficient (Wildman–Crippen LogP) is 1.13. The molecular formula is C14H21N3O3S. The van der Waals surface area contributed by atoms with Crippen LogP contribution in [0.15, 0.2) is 5.38 Å². The number of carbonyl (C=O) groups is 1. The third-order valence-electron chi connectivity index (χ3n) is 4.05. The fourth-order valence-corrected chi connectivity index (χ4v) is 3.62. The van der Waals surface area contributed by atoms with E-state index in [9.17, 15) is 4.79 Å². The molecule has 0 amide bonds. The molecule has 2 aliphatic heterocycles. The number of fused-ring (bicyclic) bond motifs is 1. The average molecular weight is 311 g/mol. The van der Waals surface area contributed by atoms with E-state index >= 15 is 0 Å². The van der Waals surface area contributed by atoms with Crippen molar-refractivity contribution in [3.63, 3.8) is 0 Å². The Morgan fingerprint density at radius 3 is 3.43 bits per heavy atom. The Bertz CT molecular complexity index is 494. The molecule has 0 bridgehead atoms. The maximum atomic E-state index is 11.2. The van der Waals surface area contributed by atoms with E-state index in [1.807, 2.05) is 5.38 Å². The Hall–Kier alpha value is -1.18. The van der Waals surface area contributed by atoms with Gasteiger partial charge in [-0.1, -0.05) is 0 Å². The van der Waals surface area contributed by atoms with E-state index in [0.29, 0.717) is 6.04 Å². The first kappa shape index (κ1) is 14.7. The molecule has 0 radical (unpaired) electrons. The van der Waals surface area contributed by atoms with Gasteiger partial charge in [-0.2, -0.15) is 0 Å². The zero-order chi connectivity index (χ0) is 14.7. The largest absolute Gasteiger partial charge is 0.469 e. The van der Waals surface area contributed by atoms with Crippen LogP contribution >= 0.6 is 11.3 Å². The van der Waals surface area contributed by atoms with E-state index in [-0.39, 0.29) is 18.5 Å². The average Bonchev–Trinajstić information content (AvgIpc) is 3.13. The van der Waals surface area contributed by atoms with Crippen LogP contribution in [0, 0.1) is 0 Å². The number of nitrogens with one attached hydrogen (secondary N) is 1. The summed E-state index contributed by atoms with van der Waals surface area (Å²) in [6, 6.07) is 0.632. The molecule has 0 spiro atoms. The third kappa shape index (κ3) is 3.72. The van der Waals surface area contributed by atoms with E-state index in [1.165, 1.54) is 37.8 Å². The normalized spacial score (nSPS) is 25.6. The molecule has 1 aromatic heterocycles. The van der Waals surface area contributed by atoms with Gasteiger partial charge in [-0.15, -0.1) is 11.3 Å². The lowest BCUT2D eigenvalue weighted by molar-refractivity contribution is -0.139. The van der Waals surface area contributed by atoms with Gasteiger partial charge in [0.15, 0.2) is 5.13 Å². The van der Waals surface area contributed by atoms with Crippen LogP contribution in [0.1, 0.15) is 18.5 Å². The van der Waals surface area contributed by atoms with Gasteiger partial charge in [0.1, 0.15) is 0 Å². The van der Waals surface area contributed by atoms with E-state index < -0.39 is 0 Å². The van der Waals surface area contributed by atoms with Crippen molar-refractivity contribution in [3.05, 3.63) is 11.1 Å². The van der Waals surface area contributed by atoms with Gasteiger partial charge < -0.3 is 14.8 Å². The summed E-state index contributed by atoms with van der Waals surface area (Å²) in [5.41, 5.74) is 0.749. The number of aromatic nitrogens is 1. The summed E-state index contributed by atoms with van der Waals surface area (Å²) in [6.45, 7) is 3.80. The van der Waals surface area contributed by atoms with Gasteiger partial charge in [-0.25, -0.2) is 4.98 Å².